The van der Waals surface area contributed by atoms with Crippen LogP contribution in [0.1, 0.15) is 25.5 Å². The van der Waals surface area contributed by atoms with Crippen LogP contribution in [0.5, 0.6) is 11.6 Å². The van der Waals surface area contributed by atoms with E-state index in [1.807, 2.05) is 12.3 Å². The van der Waals surface area contributed by atoms with Crippen LogP contribution in [-0.2, 0) is 6.42 Å². The number of fused-ring (bicyclic) bond motifs is 3. The first-order valence-corrected chi connectivity index (χ1v) is 7.39. The SMILES string of the molecule is COc1cc2c(nc1OC)-c1cc(=O)ccn1C(C(C)C)C2. The van der Waals surface area contributed by atoms with Crippen LogP contribution in [0.15, 0.2) is 29.2 Å². The summed E-state index contributed by atoms with van der Waals surface area (Å²) >= 11 is 0. The van der Waals surface area contributed by atoms with Gasteiger partial charge < -0.3 is 14.0 Å². The fourth-order valence-electron chi connectivity index (χ4n) is 3.04. The second kappa shape index (κ2) is 5.48. The Bertz CT molecular complexity index is 765. The summed E-state index contributed by atoms with van der Waals surface area (Å²) in [4.78, 5) is 16.4. The van der Waals surface area contributed by atoms with Crippen LogP contribution < -0.4 is 14.9 Å². The Morgan fingerprint density at radius 2 is 2.05 bits per heavy atom. The summed E-state index contributed by atoms with van der Waals surface area (Å²) < 4.78 is 12.8. The summed E-state index contributed by atoms with van der Waals surface area (Å²) in [5.74, 6) is 1.50. The average molecular weight is 300 g/mol. The number of hydrogen-bond acceptors (Lipinski definition) is 4. The van der Waals surface area contributed by atoms with Gasteiger partial charge in [-0.05, 0) is 24.0 Å². The maximum Gasteiger partial charge on any atom is 0.257 e. The minimum atomic E-state index is -0.0156. The maximum atomic E-state index is 11.8. The summed E-state index contributed by atoms with van der Waals surface area (Å²) in [6, 6.07) is 5.51. The number of hydrogen-bond donors (Lipinski definition) is 0. The molecule has 1 unspecified atom stereocenters. The number of aromatic nitrogens is 2. The lowest BCUT2D eigenvalue weighted by atomic mass is 9.90. The van der Waals surface area contributed by atoms with Crippen LogP contribution >= 0.6 is 0 Å². The lowest BCUT2D eigenvalue weighted by molar-refractivity contribution is 0.337. The molecule has 22 heavy (non-hydrogen) atoms. The van der Waals surface area contributed by atoms with E-state index in [1.165, 1.54) is 0 Å². The molecular formula is C17H20N2O3. The number of methoxy groups -OCH3 is 2. The van der Waals surface area contributed by atoms with E-state index in [9.17, 15) is 4.79 Å². The molecule has 0 amide bonds. The highest BCUT2D eigenvalue weighted by molar-refractivity contribution is 5.64. The van der Waals surface area contributed by atoms with E-state index in [1.54, 1.807) is 26.4 Å². The molecule has 2 aromatic heterocycles. The quantitative estimate of drug-likeness (QED) is 0.874. The average Bonchev–Trinajstić information content (AvgIpc) is 2.52. The van der Waals surface area contributed by atoms with Gasteiger partial charge in [-0.2, -0.15) is 0 Å². The van der Waals surface area contributed by atoms with E-state index >= 15 is 0 Å². The number of rotatable bonds is 3. The molecule has 0 fully saturated rings. The first-order valence-electron chi connectivity index (χ1n) is 7.39. The Kier molecular flexibility index (Phi) is 3.64. The van der Waals surface area contributed by atoms with E-state index in [0.29, 0.717) is 23.6 Å². The van der Waals surface area contributed by atoms with Crippen molar-refractivity contribution in [2.24, 2.45) is 5.92 Å². The molecule has 1 aliphatic heterocycles. The second-order valence-electron chi connectivity index (χ2n) is 5.88. The molecule has 2 aromatic rings. The van der Waals surface area contributed by atoms with Crippen molar-refractivity contribution in [2.75, 3.05) is 14.2 Å². The second-order valence-corrected chi connectivity index (χ2v) is 5.88. The molecule has 5 nitrogen and oxygen atoms in total. The molecule has 1 aliphatic rings. The van der Waals surface area contributed by atoms with Gasteiger partial charge in [0.1, 0.15) is 0 Å². The summed E-state index contributed by atoms with van der Waals surface area (Å²) in [5.41, 5.74) is 2.71. The number of pyridine rings is 2. The standard InChI is InChI=1S/C17H20N2O3/c1-10(2)13-7-11-8-15(21-3)17(22-4)18-16(11)14-9-12(20)5-6-19(13)14/h5-6,8-10,13H,7H2,1-4H3. The summed E-state index contributed by atoms with van der Waals surface area (Å²) in [6.45, 7) is 4.37. The van der Waals surface area contributed by atoms with Gasteiger partial charge in [0.2, 0.25) is 0 Å². The van der Waals surface area contributed by atoms with Crippen molar-refractivity contribution in [1.29, 1.82) is 0 Å². The van der Waals surface area contributed by atoms with E-state index in [0.717, 1.165) is 23.4 Å². The Balaban J connectivity index is 2.27. The minimum absolute atomic E-state index is 0.0156. The minimum Gasteiger partial charge on any atom is -0.491 e. The molecule has 5 heteroatoms. The highest BCUT2D eigenvalue weighted by atomic mass is 16.5. The van der Waals surface area contributed by atoms with Crippen LogP contribution in [0.2, 0.25) is 0 Å². The largest absolute Gasteiger partial charge is 0.491 e. The lowest BCUT2D eigenvalue weighted by Crippen LogP contribution is -2.26. The molecule has 0 bridgehead atoms. The predicted molar refractivity (Wildman–Crippen MR) is 84.6 cm³/mol. The van der Waals surface area contributed by atoms with Crippen molar-refractivity contribution >= 4 is 0 Å². The Labute approximate surface area is 129 Å². The van der Waals surface area contributed by atoms with Crippen molar-refractivity contribution in [3.63, 3.8) is 0 Å². The van der Waals surface area contributed by atoms with Gasteiger partial charge in [-0.25, -0.2) is 4.98 Å². The Morgan fingerprint density at radius 1 is 1.27 bits per heavy atom. The Hall–Kier alpha value is -2.30. The van der Waals surface area contributed by atoms with Gasteiger partial charge in [-0.1, -0.05) is 13.8 Å². The summed E-state index contributed by atoms with van der Waals surface area (Å²) in [6.07, 6.45) is 2.72. The molecule has 0 saturated heterocycles. The van der Waals surface area contributed by atoms with E-state index in [4.69, 9.17) is 9.47 Å². The van der Waals surface area contributed by atoms with Crippen molar-refractivity contribution in [3.8, 4) is 23.0 Å². The number of ether oxygens (including phenoxy) is 2. The molecule has 3 heterocycles. The third-order valence-corrected chi connectivity index (χ3v) is 4.20. The number of nitrogens with zero attached hydrogens (tertiary/aromatic N) is 2. The first-order chi connectivity index (χ1) is 10.5. The normalized spacial score (nSPS) is 16.1. The highest BCUT2D eigenvalue weighted by Crippen LogP contribution is 2.39. The molecule has 3 rings (SSSR count). The van der Waals surface area contributed by atoms with Crippen LogP contribution in [0.3, 0.4) is 0 Å². The first kappa shape index (κ1) is 14.6. The third-order valence-electron chi connectivity index (χ3n) is 4.20. The van der Waals surface area contributed by atoms with Crippen molar-refractivity contribution in [1.82, 2.24) is 9.55 Å². The topological polar surface area (TPSA) is 53.4 Å². The van der Waals surface area contributed by atoms with Crippen LogP contribution in [-0.4, -0.2) is 23.8 Å². The summed E-state index contributed by atoms with van der Waals surface area (Å²) in [7, 11) is 3.17. The van der Waals surface area contributed by atoms with Gasteiger partial charge in [-0.3, -0.25) is 4.79 Å². The van der Waals surface area contributed by atoms with Crippen LogP contribution in [0, 0.1) is 5.92 Å². The van der Waals surface area contributed by atoms with E-state index in [2.05, 4.69) is 23.4 Å². The van der Waals surface area contributed by atoms with E-state index < -0.39 is 0 Å². The fourth-order valence-corrected chi connectivity index (χ4v) is 3.04. The van der Waals surface area contributed by atoms with Gasteiger partial charge in [0.15, 0.2) is 11.2 Å². The van der Waals surface area contributed by atoms with Crippen LogP contribution in [0.25, 0.3) is 11.4 Å². The van der Waals surface area contributed by atoms with Crippen molar-refractivity contribution in [2.45, 2.75) is 26.3 Å². The third kappa shape index (κ3) is 2.26. The van der Waals surface area contributed by atoms with Gasteiger partial charge in [0.05, 0.1) is 25.6 Å². The van der Waals surface area contributed by atoms with Gasteiger partial charge >= 0.3 is 0 Å². The Morgan fingerprint density at radius 3 is 2.68 bits per heavy atom. The molecule has 116 valence electrons. The van der Waals surface area contributed by atoms with Crippen molar-refractivity contribution in [3.05, 3.63) is 40.2 Å². The van der Waals surface area contributed by atoms with Gasteiger partial charge in [-0.15, -0.1) is 0 Å². The zero-order valence-electron chi connectivity index (χ0n) is 13.3. The molecular weight excluding hydrogens is 280 g/mol. The molecule has 0 N–H and O–H groups in total. The molecule has 1 atom stereocenters. The molecule has 0 spiro atoms. The monoisotopic (exact) mass is 300 g/mol. The zero-order chi connectivity index (χ0) is 15.9. The van der Waals surface area contributed by atoms with Crippen molar-refractivity contribution < 1.29 is 9.47 Å². The summed E-state index contributed by atoms with van der Waals surface area (Å²) in [5, 5.41) is 0. The fraction of sp³-hybridized carbons (Fsp3) is 0.412. The smallest absolute Gasteiger partial charge is 0.257 e. The maximum absolute atomic E-state index is 11.8. The van der Waals surface area contributed by atoms with Crippen LogP contribution in [0.4, 0.5) is 0 Å². The molecule has 0 saturated carbocycles. The van der Waals surface area contributed by atoms with E-state index in [-0.39, 0.29) is 5.43 Å². The molecule has 0 aromatic carbocycles. The highest BCUT2D eigenvalue weighted by Gasteiger charge is 2.28. The molecule has 0 radical (unpaired) electrons. The van der Waals surface area contributed by atoms with Gasteiger partial charge in [0.25, 0.3) is 5.88 Å². The van der Waals surface area contributed by atoms with Gasteiger partial charge in [0, 0.05) is 24.4 Å². The predicted octanol–water partition coefficient (Wildman–Crippen LogP) is 2.68. The molecule has 0 aliphatic carbocycles. The lowest BCUT2D eigenvalue weighted by Gasteiger charge is -2.32. The zero-order valence-corrected chi connectivity index (χ0v) is 13.3.